The zero-order chi connectivity index (χ0) is 37.3. The summed E-state index contributed by atoms with van der Waals surface area (Å²) in [6.45, 7) is 1.24. The summed E-state index contributed by atoms with van der Waals surface area (Å²) in [5.41, 5.74) is 1.52. The topological polar surface area (TPSA) is 210 Å². The second kappa shape index (κ2) is 16.6. The first-order valence-corrected chi connectivity index (χ1v) is 15.3. The van der Waals surface area contributed by atoms with Crippen LogP contribution in [0.4, 0.5) is 53.9 Å². The molecule has 1 aliphatic heterocycles. The SMILES string of the molecule is N=C(N)NCCCCC(=O)Nc1cc(C(F)(F)F)cc(NC(=O)Nc2ccc(Oc3cc([NH+]([O-])O)cc(C(F)(F)F)c3)cc2)c1O[C@@H]1CCNC1. The van der Waals surface area contributed by atoms with E-state index in [-0.39, 0.29) is 35.3 Å². The lowest BCUT2D eigenvalue weighted by molar-refractivity contribution is -0.991. The van der Waals surface area contributed by atoms with Crippen molar-refractivity contribution in [3.05, 3.63) is 70.9 Å². The second-order valence-electron chi connectivity index (χ2n) is 11.2. The average Bonchev–Trinajstić information content (AvgIpc) is 3.55. The Hall–Kier alpha value is -5.31. The molecule has 1 heterocycles. The maximum absolute atomic E-state index is 14.0. The van der Waals surface area contributed by atoms with Crippen LogP contribution in [0.3, 0.4) is 0 Å². The van der Waals surface area contributed by atoms with Crippen molar-refractivity contribution < 1.29 is 55.8 Å². The maximum Gasteiger partial charge on any atom is 0.416 e. The quantitative estimate of drug-likeness (QED) is 0.0385. The van der Waals surface area contributed by atoms with Crippen molar-refractivity contribution in [3.8, 4) is 17.2 Å². The number of benzene rings is 3. The number of halogens is 6. The van der Waals surface area contributed by atoms with Crippen LogP contribution in [0, 0.1) is 10.6 Å². The molecule has 4 rings (SSSR count). The summed E-state index contributed by atoms with van der Waals surface area (Å²) in [5, 5.41) is 38.9. The van der Waals surface area contributed by atoms with E-state index < -0.39 is 63.9 Å². The average molecular weight is 729 g/mol. The summed E-state index contributed by atoms with van der Waals surface area (Å²) < 4.78 is 93.1. The van der Waals surface area contributed by atoms with E-state index in [1.807, 2.05) is 0 Å². The van der Waals surface area contributed by atoms with Gasteiger partial charge in [-0.05, 0) is 68.3 Å². The van der Waals surface area contributed by atoms with Gasteiger partial charge in [-0.1, -0.05) is 0 Å². The summed E-state index contributed by atoms with van der Waals surface area (Å²) in [6, 6.07) is 7.43. The maximum atomic E-state index is 14.0. The molecule has 0 radical (unpaired) electrons. The van der Waals surface area contributed by atoms with E-state index in [9.17, 15) is 46.3 Å². The highest BCUT2D eigenvalue weighted by atomic mass is 19.4. The zero-order valence-corrected chi connectivity index (χ0v) is 26.6. The zero-order valence-electron chi connectivity index (χ0n) is 26.6. The van der Waals surface area contributed by atoms with Gasteiger partial charge in [0.05, 0.1) is 22.5 Å². The second-order valence-corrected chi connectivity index (χ2v) is 11.2. The molecule has 2 atom stereocenters. The minimum atomic E-state index is -4.88. The van der Waals surface area contributed by atoms with Crippen molar-refractivity contribution in [1.82, 2.24) is 10.6 Å². The highest BCUT2D eigenvalue weighted by molar-refractivity contribution is 6.02. The first kappa shape index (κ1) is 38.5. The van der Waals surface area contributed by atoms with Crippen molar-refractivity contribution in [2.75, 3.05) is 35.6 Å². The number of hydrogen-bond donors (Lipinski definition) is 9. The predicted molar refractivity (Wildman–Crippen MR) is 172 cm³/mol. The number of nitrogens with one attached hydrogen (secondary N) is 7. The third kappa shape index (κ3) is 11.6. The van der Waals surface area contributed by atoms with Gasteiger partial charge in [-0.25, -0.2) is 10.0 Å². The first-order chi connectivity index (χ1) is 24.0. The van der Waals surface area contributed by atoms with Gasteiger partial charge in [0.15, 0.2) is 17.4 Å². The number of amides is 3. The van der Waals surface area contributed by atoms with Crippen LogP contribution in [-0.4, -0.2) is 48.8 Å². The molecule has 1 saturated heterocycles. The molecular weight excluding hydrogens is 694 g/mol. The third-order valence-corrected chi connectivity index (χ3v) is 7.21. The number of rotatable bonds is 13. The van der Waals surface area contributed by atoms with Crippen LogP contribution in [-0.2, 0) is 17.1 Å². The van der Waals surface area contributed by atoms with Crippen molar-refractivity contribution in [3.63, 3.8) is 0 Å². The van der Waals surface area contributed by atoms with Crippen LogP contribution in [0.5, 0.6) is 17.2 Å². The Morgan fingerprint density at radius 2 is 1.59 bits per heavy atom. The summed E-state index contributed by atoms with van der Waals surface area (Å²) in [4.78, 5) is 25.8. The standard InChI is InChI=1S/C31H34F6N8O6/c32-30(33,34)17-11-20(45(48)49)15-23(12-17)50-21-6-4-19(5-7-21)42-29(47)44-25-14-18(31(35,36)37)13-24(27(25)51-22-8-10-40-16-22)43-26(46)3-1-2-9-41-28(38)39/h4-7,11-15,22,40,45,48H,1-3,8-10,16H2,(H,43,46)(H4,38,39,41)(H2,42,44,47)/t22-/m1/s1. The number of urea groups is 1. The predicted octanol–water partition coefficient (Wildman–Crippen LogP) is 4.90. The third-order valence-electron chi connectivity index (χ3n) is 7.21. The lowest BCUT2D eigenvalue weighted by Gasteiger charge is -2.22. The molecule has 0 spiro atoms. The number of anilines is 3. The van der Waals surface area contributed by atoms with Crippen LogP contribution in [0.2, 0.25) is 0 Å². The van der Waals surface area contributed by atoms with E-state index in [1.54, 1.807) is 0 Å². The number of guanidine groups is 1. The minimum Gasteiger partial charge on any atom is -0.595 e. The number of carbonyl (C=O) groups excluding carboxylic acids is 2. The number of quaternary nitrogens is 1. The van der Waals surface area contributed by atoms with Gasteiger partial charge in [0.2, 0.25) is 5.91 Å². The molecule has 1 fully saturated rings. The van der Waals surface area contributed by atoms with Crippen LogP contribution in [0.15, 0.2) is 54.6 Å². The van der Waals surface area contributed by atoms with E-state index in [0.717, 1.165) is 6.07 Å². The molecule has 10 N–H and O–H groups in total. The molecule has 20 heteroatoms. The van der Waals surface area contributed by atoms with Gasteiger partial charge in [-0.15, -0.1) is 0 Å². The van der Waals surface area contributed by atoms with Gasteiger partial charge in [0.1, 0.15) is 17.6 Å². The Kier molecular flexibility index (Phi) is 12.5. The van der Waals surface area contributed by atoms with Crippen molar-refractivity contribution >= 4 is 40.6 Å². The van der Waals surface area contributed by atoms with Gasteiger partial charge in [-0.3, -0.25) is 10.2 Å². The Labute approximate surface area is 286 Å². The van der Waals surface area contributed by atoms with Gasteiger partial charge < -0.3 is 47.0 Å². The molecule has 51 heavy (non-hydrogen) atoms. The minimum absolute atomic E-state index is 0.0224. The number of carbonyl (C=O) groups is 2. The first-order valence-electron chi connectivity index (χ1n) is 15.3. The molecule has 14 nitrogen and oxygen atoms in total. The molecular formula is C31H34F6N8O6. The number of alkyl halides is 6. The number of hydrogen-bond acceptors (Lipinski definition) is 8. The molecule has 1 aliphatic rings. The molecule has 276 valence electrons. The van der Waals surface area contributed by atoms with Crippen LogP contribution < -0.4 is 47.0 Å². The van der Waals surface area contributed by atoms with Gasteiger partial charge in [-0.2, -0.15) is 31.6 Å². The molecule has 0 bridgehead atoms. The fraction of sp³-hybridized carbons (Fsp3) is 0.323. The lowest BCUT2D eigenvalue weighted by Crippen LogP contribution is -2.99. The smallest absolute Gasteiger partial charge is 0.416 e. The van der Waals surface area contributed by atoms with E-state index in [4.69, 9.17) is 20.6 Å². The molecule has 1 unspecified atom stereocenters. The number of ether oxygens (including phenoxy) is 2. The van der Waals surface area contributed by atoms with Crippen LogP contribution in [0.25, 0.3) is 0 Å². The molecule has 0 aromatic heterocycles. The Morgan fingerprint density at radius 1 is 0.941 bits per heavy atom. The number of nitrogens with two attached hydrogens (primary N) is 1. The largest absolute Gasteiger partial charge is 0.595 e. The number of unbranched alkanes of at least 4 members (excludes halogenated alkanes) is 1. The van der Waals surface area contributed by atoms with E-state index in [1.165, 1.54) is 24.3 Å². The van der Waals surface area contributed by atoms with E-state index in [0.29, 0.717) is 63.2 Å². The van der Waals surface area contributed by atoms with Gasteiger partial charge in [0, 0.05) is 37.3 Å². The summed E-state index contributed by atoms with van der Waals surface area (Å²) in [5.74, 6) is -1.50. The summed E-state index contributed by atoms with van der Waals surface area (Å²) in [6.07, 6.45) is -9.01. The monoisotopic (exact) mass is 728 g/mol. The van der Waals surface area contributed by atoms with E-state index in [2.05, 4.69) is 26.6 Å². The molecule has 0 saturated carbocycles. The van der Waals surface area contributed by atoms with Crippen LogP contribution in [0.1, 0.15) is 36.8 Å². The summed E-state index contributed by atoms with van der Waals surface area (Å²) in [7, 11) is 0. The van der Waals surface area contributed by atoms with Crippen molar-refractivity contribution in [2.45, 2.75) is 44.1 Å². The van der Waals surface area contributed by atoms with Crippen LogP contribution >= 0.6 is 0 Å². The van der Waals surface area contributed by atoms with Gasteiger partial charge in [0.25, 0.3) is 0 Å². The molecule has 3 aromatic carbocycles. The normalized spacial score (nSPS) is 15.1. The molecule has 0 aliphatic carbocycles. The molecule has 3 aromatic rings. The highest BCUT2D eigenvalue weighted by Crippen LogP contribution is 2.42. The lowest BCUT2D eigenvalue weighted by atomic mass is 10.1. The van der Waals surface area contributed by atoms with Gasteiger partial charge >= 0.3 is 18.4 Å². The Bertz CT molecular complexity index is 1700. The fourth-order valence-electron chi connectivity index (χ4n) is 4.82. The highest BCUT2D eigenvalue weighted by Gasteiger charge is 2.34. The van der Waals surface area contributed by atoms with Crippen molar-refractivity contribution in [2.24, 2.45) is 5.73 Å². The Balaban J connectivity index is 1.52. The summed E-state index contributed by atoms with van der Waals surface area (Å²) >= 11 is 0. The van der Waals surface area contributed by atoms with Crippen molar-refractivity contribution in [1.29, 1.82) is 5.41 Å². The Morgan fingerprint density at radius 3 is 2.18 bits per heavy atom. The van der Waals surface area contributed by atoms with E-state index >= 15 is 0 Å². The fourth-order valence-corrected chi connectivity index (χ4v) is 4.82. The molecule has 3 amide bonds.